The van der Waals surface area contributed by atoms with Crippen molar-refractivity contribution in [2.24, 2.45) is 5.92 Å². The van der Waals surface area contributed by atoms with Crippen molar-refractivity contribution in [3.8, 4) is 5.75 Å². The van der Waals surface area contributed by atoms with Gasteiger partial charge in [-0.05, 0) is 92.8 Å². The second-order valence-electron chi connectivity index (χ2n) is 9.11. The third kappa shape index (κ3) is 6.08. The van der Waals surface area contributed by atoms with Crippen LogP contribution in [0.5, 0.6) is 5.75 Å². The first kappa shape index (κ1) is 24.6. The van der Waals surface area contributed by atoms with Crippen LogP contribution in [0.4, 0.5) is 0 Å². The van der Waals surface area contributed by atoms with Crippen LogP contribution in [0.1, 0.15) is 54.9 Å². The van der Waals surface area contributed by atoms with Gasteiger partial charge in [-0.2, -0.15) is 0 Å². The van der Waals surface area contributed by atoms with E-state index in [0.717, 1.165) is 32.7 Å². The van der Waals surface area contributed by atoms with Gasteiger partial charge in [0.05, 0.1) is 0 Å². The minimum atomic E-state index is -1.34. The number of ether oxygens (including phenoxy) is 1. The summed E-state index contributed by atoms with van der Waals surface area (Å²) in [7, 11) is 0. The van der Waals surface area contributed by atoms with Gasteiger partial charge in [0.1, 0.15) is 11.3 Å². The first-order valence-electron chi connectivity index (χ1n) is 10.9. The fourth-order valence-electron chi connectivity index (χ4n) is 3.28. The molecule has 3 rings (SSSR count). The van der Waals surface area contributed by atoms with E-state index < -0.39 is 11.6 Å². The van der Waals surface area contributed by atoms with Crippen molar-refractivity contribution in [3.63, 3.8) is 0 Å². The molecule has 0 amide bonds. The van der Waals surface area contributed by atoms with E-state index in [1.807, 2.05) is 38.1 Å². The van der Waals surface area contributed by atoms with Crippen LogP contribution in [-0.2, 0) is 4.79 Å². The van der Waals surface area contributed by atoms with Crippen LogP contribution in [0, 0.1) is 19.8 Å². The zero-order valence-corrected chi connectivity index (χ0v) is 20.7. The fourth-order valence-corrected chi connectivity index (χ4v) is 4.16. The van der Waals surface area contributed by atoms with Crippen molar-refractivity contribution in [3.05, 3.63) is 64.9 Å². The number of furan rings is 1. The number of carboxylic acid groups (broad SMARTS) is 1. The second-order valence-corrected chi connectivity index (χ2v) is 10.2. The molecule has 0 unspecified atom stereocenters. The smallest absolute Gasteiger partial charge is 0.347 e. The Morgan fingerprint density at radius 3 is 2.39 bits per heavy atom. The maximum atomic E-state index is 12.7. The number of hydrogen-bond acceptors (Lipinski definition) is 5. The van der Waals surface area contributed by atoms with Gasteiger partial charge in [-0.15, -0.1) is 11.8 Å². The third-order valence-corrected chi connectivity index (χ3v) is 6.52. The van der Waals surface area contributed by atoms with Crippen LogP contribution in [0.25, 0.3) is 17.0 Å². The number of thioether (sulfide) groups is 1. The molecule has 3 aromatic rings. The average molecular weight is 467 g/mol. The highest BCUT2D eigenvalue weighted by Crippen LogP contribution is 2.30. The number of carbonyl (C=O) groups is 2. The van der Waals surface area contributed by atoms with E-state index in [0.29, 0.717) is 23.0 Å². The van der Waals surface area contributed by atoms with Gasteiger partial charge in [-0.25, -0.2) is 4.79 Å². The molecule has 1 N–H and O–H groups in total. The Balaban J connectivity index is 1.77. The maximum Gasteiger partial charge on any atom is 0.347 e. The highest BCUT2D eigenvalue weighted by atomic mass is 32.2. The number of carboxylic acids is 1. The van der Waals surface area contributed by atoms with Gasteiger partial charge in [-0.1, -0.05) is 19.9 Å². The molecule has 1 heterocycles. The van der Waals surface area contributed by atoms with Crippen molar-refractivity contribution in [1.82, 2.24) is 0 Å². The molecule has 0 atom stereocenters. The molecule has 0 bridgehead atoms. The van der Waals surface area contributed by atoms with Gasteiger partial charge in [0.2, 0.25) is 5.78 Å². The normalized spacial score (nSPS) is 12.1. The Hall–Kier alpha value is -2.99. The van der Waals surface area contributed by atoms with E-state index >= 15 is 0 Å². The quantitative estimate of drug-likeness (QED) is 0.209. The summed E-state index contributed by atoms with van der Waals surface area (Å²) in [6.45, 7) is 11.1. The van der Waals surface area contributed by atoms with E-state index in [9.17, 15) is 14.7 Å². The number of allylic oxidation sites excluding steroid dienone is 1. The number of hydrogen-bond donors (Lipinski definition) is 1. The minimum Gasteiger partial charge on any atom is -0.478 e. The minimum absolute atomic E-state index is 0.217. The lowest BCUT2D eigenvalue weighted by atomic mass is 10.0. The molecule has 2 aromatic carbocycles. The lowest BCUT2D eigenvalue weighted by Gasteiger charge is -2.24. The number of rotatable bonds is 9. The number of aliphatic carboxylic acids is 1. The molecule has 174 valence electrons. The topological polar surface area (TPSA) is 76.7 Å². The molecular formula is C27H30O5S. The van der Waals surface area contributed by atoms with E-state index in [2.05, 4.69) is 19.9 Å². The van der Waals surface area contributed by atoms with E-state index in [4.69, 9.17) is 9.15 Å². The molecule has 5 nitrogen and oxygen atoms in total. The van der Waals surface area contributed by atoms with Gasteiger partial charge < -0.3 is 14.3 Å². The average Bonchev–Trinajstić information content (AvgIpc) is 3.16. The maximum absolute atomic E-state index is 12.7. The Bertz CT molecular complexity index is 1190. The molecule has 0 radical (unpaired) electrons. The molecule has 0 fully saturated rings. The van der Waals surface area contributed by atoms with Crippen molar-refractivity contribution in [1.29, 1.82) is 0 Å². The summed E-state index contributed by atoms with van der Waals surface area (Å²) in [5.41, 5.74) is 1.78. The van der Waals surface area contributed by atoms with Gasteiger partial charge in [-0.3, -0.25) is 4.79 Å². The summed E-state index contributed by atoms with van der Waals surface area (Å²) < 4.78 is 11.6. The van der Waals surface area contributed by atoms with E-state index in [-0.39, 0.29) is 5.78 Å². The predicted octanol–water partition coefficient (Wildman–Crippen LogP) is 6.94. The number of aryl methyl sites for hydroxylation is 2. The summed E-state index contributed by atoms with van der Waals surface area (Å²) in [4.78, 5) is 25.2. The van der Waals surface area contributed by atoms with Crippen molar-refractivity contribution in [2.45, 2.75) is 52.0 Å². The predicted molar refractivity (Wildman–Crippen MR) is 133 cm³/mol. The molecule has 0 saturated heterocycles. The van der Waals surface area contributed by atoms with Gasteiger partial charge in [0, 0.05) is 16.0 Å². The summed E-state index contributed by atoms with van der Waals surface area (Å²) >= 11 is 1.78. The number of carbonyl (C=O) groups excluding carboxylic acids is 1. The lowest BCUT2D eigenvalue weighted by molar-refractivity contribution is -0.152. The van der Waals surface area contributed by atoms with Crippen LogP contribution < -0.4 is 4.74 Å². The molecular weight excluding hydrogens is 436 g/mol. The summed E-state index contributed by atoms with van der Waals surface area (Å²) in [6, 6.07) is 11.5. The van der Waals surface area contributed by atoms with E-state index in [1.165, 1.54) is 19.9 Å². The lowest BCUT2D eigenvalue weighted by Crippen LogP contribution is -2.38. The molecule has 33 heavy (non-hydrogen) atoms. The fraction of sp³-hybridized carbons (Fsp3) is 0.333. The summed E-state index contributed by atoms with van der Waals surface area (Å²) in [5, 5.41) is 10.2. The third-order valence-electron chi connectivity index (χ3n) is 5.10. The van der Waals surface area contributed by atoms with Crippen LogP contribution in [-0.4, -0.2) is 28.2 Å². The molecule has 0 aliphatic rings. The Morgan fingerprint density at radius 2 is 1.79 bits per heavy atom. The molecule has 1 aromatic heterocycles. The second kappa shape index (κ2) is 9.87. The van der Waals surface area contributed by atoms with Crippen molar-refractivity contribution in [2.75, 3.05) is 5.75 Å². The van der Waals surface area contributed by atoms with E-state index in [1.54, 1.807) is 23.9 Å². The highest BCUT2D eigenvalue weighted by molar-refractivity contribution is 7.99. The number of ketones is 1. The molecule has 0 aliphatic carbocycles. The SMILES string of the molecule is Cc1cc(/C=C/C(=O)c2cc3ccc(SCC(C)C)cc3o2)cc(C)c1OC(C)(C)C(=O)O. The zero-order chi connectivity index (χ0) is 24.3. The van der Waals surface area contributed by atoms with Gasteiger partial charge in [0.15, 0.2) is 11.4 Å². The summed E-state index contributed by atoms with van der Waals surface area (Å²) in [5.74, 6) is 1.20. The largest absolute Gasteiger partial charge is 0.478 e. The molecule has 0 saturated carbocycles. The Kier molecular flexibility index (Phi) is 7.38. The zero-order valence-electron chi connectivity index (χ0n) is 19.9. The Labute approximate surface area is 198 Å². The Morgan fingerprint density at radius 1 is 1.12 bits per heavy atom. The van der Waals surface area contributed by atoms with Gasteiger partial charge in [0.25, 0.3) is 0 Å². The molecule has 0 aliphatic heterocycles. The summed E-state index contributed by atoms with van der Waals surface area (Å²) in [6.07, 6.45) is 3.22. The standard InChI is InChI=1S/C27H30O5S/c1-16(2)15-33-21-9-8-20-13-24(31-23(20)14-21)22(28)10-7-19-11-17(3)25(18(4)12-19)32-27(5,6)26(29)30/h7-14,16H,15H2,1-6H3,(H,29,30)/b10-7+. The first-order chi connectivity index (χ1) is 15.5. The van der Waals surface area contributed by atoms with Crippen LogP contribution in [0.15, 0.2) is 51.8 Å². The van der Waals surface area contributed by atoms with Crippen molar-refractivity contribution < 1.29 is 23.8 Å². The monoisotopic (exact) mass is 466 g/mol. The first-order valence-corrected chi connectivity index (χ1v) is 11.9. The number of fused-ring (bicyclic) bond motifs is 1. The number of benzene rings is 2. The molecule has 0 spiro atoms. The van der Waals surface area contributed by atoms with Crippen LogP contribution in [0.3, 0.4) is 0 Å². The highest BCUT2D eigenvalue weighted by Gasteiger charge is 2.30. The van der Waals surface area contributed by atoms with Crippen LogP contribution >= 0.6 is 11.8 Å². The van der Waals surface area contributed by atoms with Crippen LogP contribution in [0.2, 0.25) is 0 Å². The molecule has 6 heteroatoms. The van der Waals surface area contributed by atoms with Gasteiger partial charge >= 0.3 is 5.97 Å². The van der Waals surface area contributed by atoms with Crippen molar-refractivity contribution >= 4 is 40.6 Å².